The molecule has 0 aromatic carbocycles. The Morgan fingerprint density at radius 3 is 2.49 bits per heavy atom. The molecule has 0 aromatic heterocycles. The van der Waals surface area contributed by atoms with Crippen LogP contribution in [0.25, 0.3) is 0 Å². The number of carbonyl (C=O) groups excluding carboxylic acids is 2. The third-order valence-electron chi connectivity index (χ3n) is 8.40. The molecule has 0 bridgehead atoms. The minimum Gasteiger partial charge on any atom is -0.447 e. The van der Waals surface area contributed by atoms with E-state index >= 15 is 0 Å². The SMILES string of the molecule is COC1C(OC(=O)NC(COC(=O)NCCCCCCN)C(C)C)CCC2(CO2)C1C1(C)OC1CC=C(C)C. The van der Waals surface area contributed by atoms with Crippen molar-refractivity contribution < 1.29 is 33.3 Å². The summed E-state index contributed by atoms with van der Waals surface area (Å²) in [4.78, 5) is 25.1. The lowest BCUT2D eigenvalue weighted by molar-refractivity contribution is -0.118. The molecule has 224 valence electrons. The zero-order valence-corrected chi connectivity index (χ0v) is 24.8. The number of carbonyl (C=O) groups is 2. The van der Waals surface area contributed by atoms with Crippen molar-refractivity contribution in [2.45, 2.75) is 115 Å². The molecule has 1 aliphatic carbocycles. The Labute approximate surface area is 234 Å². The van der Waals surface area contributed by atoms with Gasteiger partial charge in [0, 0.05) is 13.7 Å². The largest absolute Gasteiger partial charge is 0.447 e. The average molecular weight is 554 g/mol. The molecule has 10 nitrogen and oxygen atoms in total. The number of hydrogen-bond acceptors (Lipinski definition) is 8. The predicted molar refractivity (Wildman–Crippen MR) is 148 cm³/mol. The zero-order valence-electron chi connectivity index (χ0n) is 24.8. The van der Waals surface area contributed by atoms with Gasteiger partial charge in [0.05, 0.1) is 24.7 Å². The summed E-state index contributed by atoms with van der Waals surface area (Å²) < 4.78 is 29.5. The molecule has 10 heteroatoms. The van der Waals surface area contributed by atoms with E-state index in [0.717, 1.165) is 38.5 Å². The van der Waals surface area contributed by atoms with Crippen LogP contribution in [0.15, 0.2) is 11.6 Å². The lowest BCUT2D eigenvalue weighted by Gasteiger charge is -2.42. The fourth-order valence-electron chi connectivity index (χ4n) is 5.82. The van der Waals surface area contributed by atoms with Gasteiger partial charge in [-0.3, -0.25) is 0 Å². The molecule has 2 aliphatic heterocycles. The van der Waals surface area contributed by atoms with Gasteiger partial charge < -0.3 is 40.1 Å². The van der Waals surface area contributed by atoms with Crippen LogP contribution in [0.1, 0.15) is 79.6 Å². The number of rotatable bonds is 15. The van der Waals surface area contributed by atoms with E-state index in [1.807, 2.05) is 13.8 Å². The van der Waals surface area contributed by atoms with Crippen LogP contribution >= 0.6 is 0 Å². The lowest BCUT2D eigenvalue weighted by Crippen LogP contribution is -2.56. The first kappa shape index (κ1) is 31.6. The number of epoxide rings is 2. The standard InChI is InChI=1S/C29H51N3O7/c1-19(2)11-12-23-28(5,39-23)25-24(35-6)22(13-14-29(25)18-37-29)38-27(34)32-21(20(3)4)17-36-26(33)31-16-10-8-7-9-15-30/h11,20-25H,7-10,12-18,30H2,1-6H3,(H,31,33)(H,32,34). The highest BCUT2D eigenvalue weighted by molar-refractivity contribution is 5.69. The van der Waals surface area contributed by atoms with Crippen LogP contribution < -0.4 is 16.4 Å². The van der Waals surface area contributed by atoms with Gasteiger partial charge in [0.2, 0.25) is 0 Å². The number of amides is 2. The van der Waals surface area contributed by atoms with Crippen molar-refractivity contribution in [2.24, 2.45) is 17.6 Å². The Morgan fingerprint density at radius 1 is 1.15 bits per heavy atom. The molecule has 3 aliphatic rings. The first-order valence-corrected chi connectivity index (χ1v) is 14.6. The fourth-order valence-corrected chi connectivity index (χ4v) is 5.82. The molecule has 1 spiro atoms. The second kappa shape index (κ2) is 14.1. The molecule has 3 rings (SSSR count). The lowest BCUT2D eigenvalue weighted by atomic mass is 9.68. The van der Waals surface area contributed by atoms with Gasteiger partial charge in [0.15, 0.2) is 0 Å². The highest BCUT2D eigenvalue weighted by atomic mass is 16.6. The third kappa shape index (κ3) is 8.55. The van der Waals surface area contributed by atoms with E-state index in [-0.39, 0.29) is 42.3 Å². The smallest absolute Gasteiger partial charge is 0.407 e. The van der Waals surface area contributed by atoms with E-state index in [0.29, 0.717) is 26.1 Å². The molecule has 4 N–H and O–H groups in total. The first-order chi connectivity index (χ1) is 18.6. The molecule has 2 amide bonds. The quantitative estimate of drug-likeness (QED) is 0.157. The molecule has 1 saturated carbocycles. The molecule has 3 fully saturated rings. The van der Waals surface area contributed by atoms with Gasteiger partial charge in [-0.25, -0.2) is 9.59 Å². The molecule has 2 heterocycles. The maximum atomic E-state index is 13.0. The summed E-state index contributed by atoms with van der Waals surface area (Å²) in [7, 11) is 1.66. The Morgan fingerprint density at radius 2 is 1.87 bits per heavy atom. The topological polar surface area (TPSA) is 137 Å². The van der Waals surface area contributed by atoms with E-state index in [1.54, 1.807) is 7.11 Å². The Kier molecular flexibility index (Phi) is 11.5. The minimum atomic E-state index is -0.543. The number of methoxy groups -OCH3 is 1. The summed E-state index contributed by atoms with van der Waals surface area (Å²) in [6, 6.07) is -0.385. The minimum absolute atomic E-state index is 0.0386. The summed E-state index contributed by atoms with van der Waals surface area (Å²) in [6.07, 6.45) is 6.68. The molecule has 7 unspecified atom stereocenters. The van der Waals surface area contributed by atoms with Gasteiger partial charge in [-0.1, -0.05) is 38.3 Å². The van der Waals surface area contributed by atoms with E-state index in [2.05, 4.69) is 37.5 Å². The van der Waals surface area contributed by atoms with Crippen molar-refractivity contribution in [3.63, 3.8) is 0 Å². The van der Waals surface area contributed by atoms with Gasteiger partial charge in [-0.15, -0.1) is 0 Å². The maximum absolute atomic E-state index is 13.0. The van der Waals surface area contributed by atoms with E-state index in [4.69, 9.17) is 29.4 Å². The summed E-state index contributed by atoms with van der Waals surface area (Å²) in [5, 5.41) is 5.66. The predicted octanol–water partition coefficient (Wildman–Crippen LogP) is 4.06. The molecule has 7 atom stereocenters. The zero-order chi connectivity index (χ0) is 28.6. The van der Waals surface area contributed by atoms with Gasteiger partial charge in [0.25, 0.3) is 0 Å². The van der Waals surface area contributed by atoms with E-state index in [9.17, 15) is 9.59 Å². The normalized spacial score (nSPS) is 31.9. The van der Waals surface area contributed by atoms with Crippen LogP contribution in [0.4, 0.5) is 9.59 Å². The van der Waals surface area contributed by atoms with Gasteiger partial charge in [-0.05, 0) is 65.3 Å². The highest BCUT2D eigenvalue weighted by Gasteiger charge is 2.72. The average Bonchev–Trinajstić information content (AvgIpc) is 3.80. The van der Waals surface area contributed by atoms with Crippen LogP contribution in [0, 0.1) is 11.8 Å². The second-order valence-corrected chi connectivity index (χ2v) is 12.0. The van der Waals surface area contributed by atoms with Crippen LogP contribution in [0.3, 0.4) is 0 Å². The Hall–Kier alpha value is -1.88. The van der Waals surface area contributed by atoms with Crippen LogP contribution in [-0.2, 0) is 23.7 Å². The van der Waals surface area contributed by atoms with Crippen molar-refractivity contribution in [2.75, 3.05) is 33.4 Å². The maximum Gasteiger partial charge on any atom is 0.407 e. The van der Waals surface area contributed by atoms with Crippen molar-refractivity contribution in [3.8, 4) is 0 Å². The summed E-state index contributed by atoms with van der Waals surface area (Å²) in [5.41, 5.74) is 6.08. The van der Waals surface area contributed by atoms with Crippen molar-refractivity contribution in [3.05, 3.63) is 11.6 Å². The van der Waals surface area contributed by atoms with Gasteiger partial charge in [-0.2, -0.15) is 0 Å². The number of allylic oxidation sites excluding steroid dienone is 1. The van der Waals surface area contributed by atoms with E-state index < -0.39 is 23.9 Å². The number of ether oxygens (including phenoxy) is 5. The monoisotopic (exact) mass is 553 g/mol. The fraction of sp³-hybridized carbons (Fsp3) is 0.862. The van der Waals surface area contributed by atoms with Crippen molar-refractivity contribution >= 4 is 12.2 Å². The molecular weight excluding hydrogens is 502 g/mol. The summed E-state index contributed by atoms with van der Waals surface area (Å²) in [5.74, 6) is -0.00275. The summed E-state index contributed by atoms with van der Waals surface area (Å²) in [6.45, 7) is 12.2. The molecular formula is C29H51N3O7. The van der Waals surface area contributed by atoms with Crippen LogP contribution in [0.2, 0.25) is 0 Å². The number of nitrogens with two attached hydrogens (primary N) is 1. The Balaban J connectivity index is 1.51. The molecule has 0 aromatic rings. The first-order valence-electron chi connectivity index (χ1n) is 14.6. The van der Waals surface area contributed by atoms with Crippen molar-refractivity contribution in [1.82, 2.24) is 10.6 Å². The number of unbranched alkanes of at least 4 members (excludes halogenated alkanes) is 3. The van der Waals surface area contributed by atoms with Crippen molar-refractivity contribution in [1.29, 1.82) is 0 Å². The number of nitrogens with one attached hydrogen (secondary N) is 2. The van der Waals surface area contributed by atoms with Crippen LogP contribution in [-0.4, -0.2) is 81.2 Å². The summed E-state index contributed by atoms with van der Waals surface area (Å²) >= 11 is 0. The molecule has 0 radical (unpaired) electrons. The third-order valence-corrected chi connectivity index (χ3v) is 8.40. The number of hydrogen-bond donors (Lipinski definition) is 3. The van der Waals surface area contributed by atoms with Gasteiger partial charge in [0.1, 0.15) is 30.0 Å². The van der Waals surface area contributed by atoms with Gasteiger partial charge >= 0.3 is 12.2 Å². The molecule has 2 saturated heterocycles. The van der Waals surface area contributed by atoms with E-state index in [1.165, 1.54) is 5.57 Å². The second-order valence-electron chi connectivity index (χ2n) is 12.0. The Bertz CT molecular complexity index is 843. The number of alkyl carbamates (subject to hydrolysis) is 2. The highest BCUT2D eigenvalue weighted by Crippen LogP contribution is 2.59. The van der Waals surface area contributed by atoms with Crippen LogP contribution in [0.5, 0.6) is 0 Å². The molecule has 39 heavy (non-hydrogen) atoms.